The molecule has 0 amide bonds. The molecular formula is C28H30N8S. The maximum Gasteiger partial charge on any atom is 0.222 e. The molecule has 5 rings (SSSR count). The Kier molecular flexibility index (Phi) is 7.34. The third kappa shape index (κ3) is 6.07. The molecule has 0 spiro atoms. The molecule has 3 heterocycles. The molecule has 3 aromatic heterocycles. The van der Waals surface area contributed by atoms with E-state index in [1.54, 1.807) is 11.3 Å². The van der Waals surface area contributed by atoms with E-state index in [0.29, 0.717) is 5.95 Å². The Balaban J connectivity index is 1.31. The highest BCUT2D eigenvalue weighted by Crippen LogP contribution is 2.28. The lowest BCUT2D eigenvalue weighted by Gasteiger charge is -2.17. The molecule has 0 bridgehead atoms. The summed E-state index contributed by atoms with van der Waals surface area (Å²) < 4.78 is 1.15. The smallest absolute Gasteiger partial charge is 0.222 e. The van der Waals surface area contributed by atoms with Gasteiger partial charge in [0.1, 0.15) is 11.6 Å². The van der Waals surface area contributed by atoms with Gasteiger partial charge < -0.3 is 15.5 Å². The van der Waals surface area contributed by atoms with Gasteiger partial charge in [0.15, 0.2) is 0 Å². The van der Waals surface area contributed by atoms with Gasteiger partial charge >= 0.3 is 0 Å². The van der Waals surface area contributed by atoms with Crippen LogP contribution < -0.4 is 10.6 Å². The summed E-state index contributed by atoms with van der Waals surface area (Å²) in [4.78, 5) is 24.8. The first-order valence-electron chi connectivity index (χ1n) is 12.2. The topological polar surface area (TPSA) is 91.8 Å². The van der Waals surface area contributed by atoms with Crippen molar-refractivity contribution in [2.45, 2.75) is 19.9 Å². The van der Waals surface area contributed by atoms with E-state index in [2.05, 4.69) is 83.8 Å². The van der Waals surface area contributed by atoms with E-state index in [0.717, 1.165) is 62.9 Å². The van der Waals surface area contributed by atoms with Gasteiger partial charge in [-0.25, -0.2) is 24.9 Å². The zero-order valence-corrected chi connectivity index (χ0v) is 22.3. The minimum Gasteiger partial charge on any atom is -0.363 e. The van der Waals surface area contributed by atoms with Crippen molar-refractivity contribution >= 4 is 33.3 Å². The van der Waals surface area contributed by atoms with Crippen molar-refractivity contribution < 1.29 is 0 Å². The Hall–Kier alpha value is -3.95. The Labute approximate surface area is 220 Å². The second kappa shape index (κ2) is 11.0. The molecule has 188 valence electrons. The number of aryl methyl sites for hydroxylation is 1. The van der Waals surface area contributed by atoms with Crippen LogP contribution >= 0.6 is 11.3 Å². The number of aromatic nitrogens is 5. The van der Waals surface area contributed by atoms with Gasteiger partial charge in [0, 0.05) is 48.7 Å². The third-order valence-electron chi connectivity index (χ3n) is 6.04. The lowest BCUT2D eigenvalue weighted by atomic mass is 10.0. The van der Waals surface area contributed by atoms with Crippen molar-refractivity contribution in [1.29, 1.82) is 0 Å². The monoisotopic (exact) mass is 510 g/mol. The zero-order chi connectivity index (χ0) is 25.8. The van der Waals surface area contributed by atoms with E-state index in [1.807, 2.05) is 51.1 Å². The van der Waals surface area contributed by atoms with Crippen LogP contribution in [0.5, 0.6) is 0 Å². The van der Waals surface area contributed by atoms with E-state index in [1.165, 1.54) is 0 Å². The first kappa shape index (κ1) is 24.7. The van der Waals surface area contributed by atoms with Crippen LogP contribution in [0.15, 0.2) is 66.4 Å². The van der Waals surface area contributed by atoms with Crippen LogP contribution in [0, 0.1) is 6.92 Å². The van der Waals surface area contributed by atoms with Crippen molar-refractivity contribution in [3.8, 4) is 22.4 Å². The minimum atomic E-state index is 0.0407. The van der Waals surface area contributed by atoms with E-state index in [-0.39, 0.29) is 6.04 Å². The van der Waals surface area contributed by atoms with Crippen LogP contribution in [-0.4, -0.2) is 57.0 Å². The zero-order valence-electron chi connectivity index (χ0n) is 21.4. The second-order valence-electron chi connectivity index (χ2n) is 9.24. The standard InChI is InChI=1S/C28H30N8S/c1-18(20-6-5-7-21(12-20)23-15-30-28(31-16-23)29-10-11-36(3)4)33-27-14-25(34-19(2)35-27)22-8-9-24-26(13-22)37-17-32-24/h5-9,12-18H,10-11H2,1-4H3,(H,29,30,31)(H,33,34,35). The van der Waals surface area contributed by atoms with Gasteiger partial charge in [0.05, 0.1) is 21.4 Å². The number of thiazole rings is 1. The summed E-state index contributed by atoms with van der Waals surface area (Å²) in [6.07, 6.45) is 3.73. The molecule has 1 atom stereocenters. The van der Waals surface area contributed by atoms with Crippen molar-refractivity contribution in [1.82, 2.24) is 29.8 Å². The fraction of sp³-hybridized carbons (Fsp3) is 0.250. The molecule has 0 aliphatic heterocycles. The first-order valence-corrected chi connectivity index (χ1v) is 13.1. The Morgan fingerprint density at radius 1 is 0.919 bits per heavy atom. The highest BCUT2D eigenvalue weighted by Gasteiger charge is 2.12. The maximum atomic E-state index is 4.67. The van der Waals surface area contributed by atoms with Gasteiger partial charge in [0.25, 0.3) is 0 Å². The van der Waals surface area contributed by atoms with Gasteiger partial charge in [-0.05, 0) is 57.3 Å². The highest BCUT2D eigenvalue weighted by atomic mass is 32.1. The number of fused-ring (bicyclic) bond motifs is 1. The highest BCUT2D eigenvalue weighted by molar-refractivity contribution is 7.16. The summed E-state index contributed by atoms with van der Waals surface area (Å²) in [6, 6.07) is 16.7. The normalized spacial score (nSPS) is 12.1. The largest absolute Gasteiger partial charge is 0.363 e. The van der Waals surface area contributed by atoms with Crippen LogP contribution in [0.2, 0.25) is 0 Å². The number of hydrogen-bond donors (Lipinski definition) is 2. The summed E-state index contributed by atoms with van der Waals surface area (Å²) in [5.41, 5.74) is 8.02. The molecule has 0 aliphatic carbocycles. The number of rotatable bonds is 9. The van der Waals surface area contributed by atoms with E-state index in [9.17, 15) is 0 Å². The Morgan fingerprint density at radius 2 is 1.76 bits per heavy atom. The van der Waals surface area contributed by atoms with Gasteiger partial charge in [-0.3, -0.25) is 0 Å². The predicted octanol–water partition coefficient (Wildman–Crippen LogP) is 5.67. The molecule has 9 heteroatoms. The van der Waals surface area contributed by atoms with E-state index in [4.69, 9.17) is 0 Å². The molecule has 2 aromatic carbocycles. The SMILES string of the molecule is Cc1nc(NC(C)c2cccc(-c3cnc(NCCN(C)C)nc3)c2)cc(-c2ccc3ncsc3c2)n1. The maximum absolute atomic E-state index is 4.67. The molecule has 8 nitrogen and oxygen atoms in total. The van der Waals surface area contributed by atoms with Crippen LogP contribution in [0.25, 0.3) is 32.6 Å². The number of likely N-dealkylation sites (N-methyl/N-ethyl adjacent to an activating group) is 1. The molecule has 1 unspecified atom stereocenters. The minimum absolute atomic E-state index is 0.0407. The first-order chi connectivity index (χ1) is 17.9. The van der Waals surface area contributed by atoms with E-state index >= 15 is 0 Å². The quantitative estimate of drug-likeness (QED) is 0.262. The van der Waals surface area contributed by atoms with Crippen LogP contribution in [-0.2, 0) is 0 Å². The third-order valence-corrected chi connectivity index (χ3v) is 6.84. The van der Waals surface area contributed by atoms with Crippen molar-refractivity contribution in [3.63, 3.8) is 0 Å². The van der Waals surface area contributed by atoms with Gasteiger partial charge in [-0.1, -0.05) is 24.3 Å². The molecule has 37 heavy (non-hydrogen) atoms. The van der Waals surface area contributed by atoms with Crippen LogP contribution in [0.1, 0.15) is 24.4 Å². The summed E-state index contributed by atoms with van der Waals surface area (Å²) in [5.74, 6) is 2.16. The molecule has 0 saturated carbocycles. The molecule has 0 aliphatic rings. The molecule has 0 saturated heterocycles. The van der Waals surface area contributed by atoms with Crippen molar-refractivity contribution in [3.05, 3.63) is 77.8 Å². The van der Waals surface area contributed by atoms with E-state index < -0.39 is 0 Å². The number of anilines is 2. The van der Waals surface area contributed by atoms with Crippen molar-refractivity contribution in [2.24, 2.45) is 0 Å². The summed E-state index contributed by atoms with van der Waals surface area (Å²) in [7, 11) is 4.09. The predicted molar refractivity (Wildman–Crippen MR) is 152 cm³/mol. The fourth-order valence-corrected chi connectivity index (χ4v) is 4.77. The average Bonchev–Trinajstić information content (AvgIpc) is 3.37. The molecule has 5 aromatic rings. The number of hydrogen-bond acceptors (Lipinski definition) is 9. The summed E-state index contributed by atoms with van der Waals surface area (Å²) in [5, 5.41) is 6.81. The van der Waals surface area contributed by atoms with Gasteiger partial charge in [-0.15, -0.1) is 11.3 Å². The van der Waals surface area contributed by atoms with Crippen LogP contribution in [0.4, 0.5) is 11.8 Å². The fourth-order valence-electron chi connectivity index (χ4n) is 4.06. The molecule has 0 radical (unpaired) electrons. The molecule has 2 N–H and O–H groups in total. The summed E-state index contributed by atoms with van der Waals surface area (Å²) >= 11 is 1.63. The summed E-state index contributed by atoms with van der Waals surface area (Å²) in [6.45, 7) is 5.78. The number of benzene rings is 2. The number of nitrogens with one attached hydrogen (secondary N) is 2. The molecular weight excluding hydrogens is 480 g/mol. The lowest BCUT2D eigenvalue weighted by molar-refractivity contribution is 0.425. The van der Waals surface area contributed by atoms with Gasteiger partial charge in [0.2, 0.25) is 5.95 Å². The molecule has 0 fully saturated rings. The number of nitrogens with zero attached hydrogens (tertiary/aromatic N) is 6. The Bertz CT molecular complexity index is 1500. The van der Waals surface area contributed by atoms with Crippen LogP contribution in [0.3, 0.4) is 0 Å². The second-order valence-corrected chi connectivity index (χ2v) is 10.1. The Morgan fingerprint density at radius 3 is 2.57 bits per heavy atom. The average molecular weight is 511 g/mol. The van der Waals surface area contributed by atoms with Gasteiger partial charge in [-0.2, -0.15) is 0 Å². The lowest BCUT2D eigenvalue weighted by Crippen LogP contribution is -2.21. The van der Waals surface area contributed by atoms with Crippen molar-refractivity contribution in [2.75, 3.05) is 37.8 Å².